The number of carbonyl (C=O) groups is 2. The van der Waals surface area contributed by atoms with Gasteiger partial charge in [0, 0.05) is 17.1 Å². The molecule has 5 rings (SSSR count). The first-order valence-electron chi connectivity index (χ1n) is 11.5. The summed E-state index contributed by atoms with van der Waals surface area (Å²) in [4.78, 5) is 32.2. The molecule has 0 bridgehead atoms. The van der Waals surface area contributed by atoms with Crippen molar-refractivity contribution in [1.29, 1.82) is 0 Å². The van der Waals surface area contributed by atoms with Crippen LogP contribution in [0.15, 0.2) is 77.8 Å². The lowest BCUT2D eigenvalue weighted by molar-refractivity contribution is -0.132. The van der Waals surface area contributed by atoms with E-state index in [0.29, 0.717) is 28.6 Å². The van der Waals surface area contributed by atoms with Crippen molar-refractivity contribution in [1.82, 2.24) is 4.98 Å². The number of methoxy groups -OCH3 is 1. The molecule has 2 heterocycles. The molecule has 1 unspecified atom stereocenters. The second-order valence-electron chi connectivity index (χ2n) is 8.33. The van der Waals surface area contributed by atoms with E-state index in [4.69, 9.17) is 9.47 Å². The van der Waals surface area contributed by atoms with E-state index in [1.54, 1.807) is 36.9 Å². The van der Waals surface area contributed by atoms with E-state index in [0.717, 1.165) is 22.9 Å². The van der Waals surface area contributed by atoms with Crippen LogP contribution in [0.5, 0.6) is 11.5 Å². The number of fused-ring (bicyclic) bond motifs is 1. The molecule has 0 aliphatic carbocycles. The Morgan fingerprint density at radius 2 is 1.86 bits per heavy atom. The lowest BCUT2D eigenvalue weighted by atomic mass is 9.94. The van der Waals surface area contributed by atoms with Crippen LogP contribution in [-0.2, 0) is 9.59 Å². The maximum Gasteiger partial charge on any atom is 0.301 e. The Labute approximate surface area is 212 Å². The lowest BCUT2D eigenvalue weighted by Gasteiger charge is -2.23. The number of hydrogen-bond acceptors (Lipinski definition) is 7. The van der Waals surface area contributed by atoms with E-state index in [2.05, 4.69) is 4.98 Å². The number of anilines is 1. The third-order valence-corrected chi connectivity index (χ3v) is 6.81. The van der Waals surface area contributed by atoms with Gasteiger partial charge in [0.05, 0.1) is 25.3 Å². The molecule has 1 aliphatic heterocycles. The molecule has 1 aliphatic rings. The number of Topliss-reactive ketones (excluding diaryl/α,β-unsaturated/α-hetero) is 1. The standard InChI is InChI=1S/C28H24N2O5S/c1-3-12-35-22-6-4-5-19(16-22)24-23(26(32)27(33)30(24)28-29-11-13-36-28)25(31)20-8-7-18-15-21(34-2)10-9-17(18)14-20/h4-11,13-16,24,31H,3,12H2,1-2H3/b25-23+. The fourth-order valence-corrected chi connectivity index (χ4v) is 5.00. The van der Waals surface area contributed by atoms with Gasteiger partial charge in [0.25, 0.3) is 5.78 Å². The molecular weight excluding hydrogens is 476 g/mol. The van der Waals surface area contributed by atoms with Crippen LogP contribution in [0.4, 0.5) is 5.13 Å². The number of aliphatic hydroxyl groups excluding tert-OH is 1. The zero-order valence-corrected chi connectivity index (χ0v) is 20.6. The number of hydrogen-bond donors (Lipinski definition) is 1. The van der Waals surface area contributed by atoms with Crippen molar-refractivity contribution >= 4 is 44.7 Å². The molecule has 3 aromatic carbocycles. The summed E-state index contributed by atoms with van der Waals surface area (Å²) in [5, 5.41) is 15.3. The monoisotopic (exact) mass is 500 g/mol. The van der Waals surface area contributed by atoms with Gasteiger partial charge in [-0.15, -0.1) is 11.3 Å². The first-order chi connectivity index (χ1) is 17.5. The van der Waals surface area contributed by atoms with Crippen LogP contribution in [0, 0.1) is 0 Å². The Morgan fingerprint density at radius 1 is 1.06 bits per heavy atom. The Morgan fingerprint density at radius 3 is 2.61 bits per heavy atom. The first kappa shape index (κ1) is 23.6. The highest BCUT2D eigenvalue weighted by Crippen LogP contribution is 2.43. The lowest BCUT2D eigenvalue weighted by Crippen LogP contribution is -2.29. The number of ketones is 1. The minimum atomic E-state index is -0.854. The number of benzene rings is 3. The number of thiazole rings is 1. The summed E-state index contributed by atoms with van der Waals surface area (Å²) in [5.41, 5.74) is 1.09. The van der Waals surface area contributed by atoms with Crippen molar-refractivity contribution in [2.24, 2.45) is 0 Å². The van der Waals surface area contributed by atoms with Crippen LogP contribution in [0.3, 0.4) is 0 Å². The highest BCUT2D eigenvalue weighted by atomic mass is 32.1. The predicted molar refractivity (Wildman–Crippen MR) is 140 cm³/mol. The largest absolute Gasteiger partial charge is 0.507 e. The summed E-state index contributed by atoms with van der Waals surface area (Å²) in [5.74, 6) is -0.392. The number of ether oxygens (including phenoxy) is 2. The molecule has 1 amide bonds. The topological polar surface area (TPSA) is 89.0 Å². The van der Waals surface area contributed by atoms with Crippen LogP contribution in [0.2, 0.25) is 0 Å². The van der Waals surface area contributed by atoms with E-state index in [1.807, 2.05) is 49.4 Å². The van der Waals surface area contributed by atoms with Gasteiger partial charge in [-0.2, -0.15) is 0 Å². The molecular formula is C28H24N2O5S. The molecule has 4 aromatic rings. The van der Waals surface area contributed by atoms with E-state index < -0.39 is 17.7 Å². The first-order valence-corrected chi connectivity index (χ1v) is 12.4. The van der Waals surface area contributed by atoms with Gasteiger partial charge in [0.2, 0.25) is 0 Å². The van der Waals surface area contributed by atoms with Crippen LogP contribution in [0.25, 0.3) is 16.5 Å². The minimum absolute atomic E-state index is 0.00991. The SMILES string of the molecule is CCCOc1cccc(C2/C(=C(\O)c3ccc4cc(OC)ccc4c3)C(=O)C(=O)N2c2nccs2)c1. The summed E-state index contributed by atoms with van der Waals surface area (Å²) in [7, 11) is 1.60. The van der Waals surface area contributed by atoms with Crippen molar-refractivity contribution < 1.29 is 24.2 Å². The van der Waals surface area contributed by atoms with E-state index in [1.165, 1.54) is 16.2 Å². The normalized spacial score (nSPS) is 17.1. The summed E-state index contributed by atoms with van der Waals surface area (Å²) < 4.78 is 11.1. The molecule has 8 heteroatoms. The van der Waals surface area contributed by atoms with Gasteiger partial charge in [0.15, 0.2) is 5.13 Å². The fourth-order valence-electron chi connectivity index (χ4n) is 4.33. The average molecular weight is 501 g/mol. The van der Waals surface area contributed by atoms with Gasteiger partial charge in [-0.05, 0) is 53.1 Å². The van der Waals surface area contributed by atoms with Gasteiger partial charge >= 0.3 is 5.91 Å². The Balaban J connectivity index is 1.66. The van der Waals surface area contributed by atoms with Gasteiger partial charge in [-0.3, -0.25) is 14.5 Å². The number of aliphatic hydroxyl groups is 1. The maximum atomic E-state index is 13.3. The van der Waals surface area contributed by atoms with Crippen LogP contribution < -0.4 is 14.4 Å². The number of aromatic nitrogens is 1. The van der Waals surface area contributed by atoms with Crippen molar-refractivity contribution in [3.63, 3.8) is 0 Å². The molecule has 182 valence electrons. The molecule has 1 saturated heterocycles. The fraction of sp³-hybridized carbons (Fsp3) is 0.179. The summed E-state index contributed by atoms with van der Waals surface area (Å²) in [6, 6.07) is 17.4. The molecule has 0 spiro atoms. The third kappa shape index (κ3) is 4.20. The number of rotatable bonds is 7. The average Bonchev–Trinajstić information content (AvgIpc) is 3.53. The van der Waals surface area contributed by atoms with Crippen molar-refractivity contribution in [2.45, 2.75) is 19.4 Å². The second kappa shape index (κ2) is 9.83. The number of amides is 1. The van der Waals surface area contributed by atoms with Gasteiger partial charge in [-0.25, -0.2) is 4.98 Å². The quantitative estimate of drug-likeness (QED) is 0.198. The zero-order valence-electron chi connectivity index (χ0n) is 19.8. The maximum absolute atomic E-state index is 13.3. The van der Waals surface area contributed by atoms with Crippen molar-refractivity contribution in [3.05, 3.63) is 88.9 Å². The van der Waals surface area contributed by atoms with E-state index >= 15 is 0 Å². The molecule has 1 aromatic heterocycles. The summed E-state index contributed by atoms with van der Waals surface area (Å²) >= 11 is 1.25. The van der Waals surface area contributed by atoms with Crippen molar-refractivity contribution in [2.75, 3.05) is 18.6 Å². The number of nitrogens with zero attached hydrogens (tertiary/aromatic N) is 2. The molecule has 0 saturated carbocycles. The van der Waals surface area contributed by atoms with Crippen LogP contribution >= 0.6 is 11.3 Å². The highest BCUT2D eigenvalue weighted by Gasteiger charge is 2.48. The van der Waals surface area contributed by atoms with E-state index in [-0.39, 0.29) is 11.3 Å². The van der Waals surface area contributed by atoms with Gasteiger partial charge in [0.1, 0.15) is 17.3 Å². The van der Waals surface area contributed by atoms with Crippen LogP contribution in [0.1, 0.15) is 30.5 Å². The smallest absolute Gasteiger partial charge is 0.301 e. The molecule has 0 radical (unpaired) electrons. The van der Waals surface area contributed by atoms with Gasteiger partial charge in [-0.1, -0.05) is 37.3 Å². The predicted octanol–water partition coefficient (Wildman–Crippen LogP) is 5.72. The van der Waals surface area contributed by atoms with Crippen molar-refractivity contribution in [3.8, 4) is 11.5 Å². The minimum Gasteiger partial charge on any atom is -0.507 e. The second-order valence-corrected chi connectivity index (χ2v) is 9.21. The van der Waals surface area contributed by atoms with Gasteiger partial charge < -0.3 is 14.6 Å². The highest BCUT2D eigenvalue weighted by molar-refractivity contribution is 7.14. The summed E-state index contributed by atoms with van der Waals surface area (Å²) in [6.07, 6.45) is 2.42. The Hall–Kier alpha value is -4.17. The zero-order chi connectivity index (χ0) is 25.2. The van der Waals surface area contributed by atoms with E-state index in [9.17, 15) is 14.7 Å². The number of carbonyl (C=O) groups excluding carboxylic acids is 2. The third-order valence-electron chi connectivity index (χ3n) is 6.04. The van der Waals surface area contributed by atoms with Crippen LogP contribution in [-0.4, -0.2) is 35.5 Å². The molecule has 1 N–H and O–H groups in total. The summed E-state index contributed by atoms with van der Waals surface area (Å²) in [6.45, 7) is 2.55. The molecule has 1 fully saturated rings. The Bertz CT molecular complexity index is 1480. The Kier molecular flexibility index (Phi) is 6.43. The molecule has 36 heavy (non-hydrogen) atoms. The molecule has 7 nitrogen and oxygen atoms in total. The molecule has 1 atom stereocenters.